The van der Waals surface area contributed by atoms with E-state index < -0.39 is 40.2 Å². The van der Waals surface area contributed by atoms with Gasteiger partial charge >= 0.3 is 12.4 Å². The molecule has 250 valence electrons. The molecule has 0 fully saturated rings. The van der Waals surface area contributed by atoms with Crippen molar-refractivity contribution in [2.45, 2.75) is 12.4 Å². The topological polar surface area (TPSA) is 81.2 Å². The summed E-state index contributed by atoms with van der Waals surface area (Å²) in [7, 11) is 0. The molecule has 0 aliphatic rings. The zero-order valence-corrected chi connectivity index (χ0v) is 26.5. The largest absolute Gasteiger partial charge is 0.417 e. The van der Waals surface area contributed by atoms with Gasteiger partial charge in [-0.3, -0.25) is 0 Å². The normalized spacial score (nSPS) is 12.0. The lowest BCUT2D eigenvalue weighted by molar-refractivity contribution is -0.142. The second-order valence-electron chi connectivity index (χ2n) is 12.1. The van der Waals surface area contributed by atoms with Crippen LogP contribution in [0.15, 0.2) is 115 Å². The third kappa shape index (κ3) is 4.85. The molecule has 0 spiro atoms. The molecule has 2 aromatic heterocycles. The first kappa shape index (κ1) is 32.2. The zero-order chi connectivity index (χ0) is 36.5. The van der Waals surface area contributed by atoms with E-state index in [0.717, 1.165) is 10.8 Å². The van der Waals surface area contributed by atoms with Gasteiger partial charge in [-0.15, -0.1) is 0 Å². The lowest BCUT2D eigenvalue weighted by Crippen LogP contribution is -2.15. The number of halogens is 6. The number of rotatable bonds is 3. The molecular formula is C41H19F6N5. The van der Waals surface area contributed by atoms with Gasteiger partial charge in [0, 0.05) is 32.7 Å². The van der Waals surface area contributed by atoms with Crippen LogP contribution in [0.5, 0.6) is 0 Å². The molecule has 0 saturated carbocycles. The molecular weight excluding hydrogens is 676 g/mol. The Bertz CT molecular complexity index is 2890. The summed E-state index contributed by atoms with van der Waals surface area (Å²) < 4.78 is 91.1. The Morgan fingerprint density at radius 1 is 0.442 bits per heavy atom. The van der Waals surface area contributed by atoms with Gasteiger partial charge in [0.25, 0.3) is 0 Å². The highest BCUT2D eigenvalue weighted by Crippen LogP contribution is 2.48. The summed E-state index contributed by atoms with van der Waals surface area (Å²) in [5.41, 5.74) is -2.25. The van der Waals surface area contributed by atoms with Crippen molar-refractivity contribution in [2.75, 3.05) is 0 Å². The van der Waals surface area contributed by atoms with E-state index >= 15 is 0 Å². The Balaban J connectivity index is 1.63. The molecule has 8 rings (SSSR count). The summed E-state index contributed by atoms with van der Waals surface area (Å²) in [5.74, 6) is 0. The van der Waals surface area contributed by atoms with Crippen LogP contribution in [0, 0.1) is 34.0 Å². The van der Waals surface area contributed by atoms with E-state index in [1.807, 2.05) is 24.3 Å². The van der Waals surface area contributed by atoms with Crippen molar-refractivity contribution >= 4 is 43.6 Å². The van der Waals surface area contributed by atoms with Crippen molar-refractivity contribution in [3.05, 3.63) is 143 Å². The number of hydrogen-bond donors (Lipinski definition) is 0. The van der Waals surface area contributed by atoms with Crippen LogP contribution in [-0.2, 0) is 12.4 Å². The van der Waals surface area contributed by atoms with Crippen LogP contribution < -0.4 is 0 Å². The maximum absolute atomic E-state index is 14.6. The Labute approximate surface area is 290 Å². The SMILES string of the molecule is N#Cc1ccc2c3ccccc3n(-c3cc(C#N)c(-c4c(C(F)(F)F)cccc4C(F)(F)F)cc3-n3c4ccccc4c4ccc(C#N)cc43)c2c1. The van der Waals surface area contributed by atoms with Gasteiger partial charge in [0.1, 0.15) is 0 Å². The summed E-state index contributed by atoms with van der Waals surface area (Å²) >= 11 is 0. The molecule has 0 amide bonds. The Hall–Kier alpha value is -7.03. The summed E-state index contributed by atoms with van der Waals surface area (Å²) in [6, 6.07) is 34.8. The van der Waals surface area contributed by atoms with Gasteiger partial charge in [0.15, 0.2) is 0 Å². The Morgan fingerprint density at radius 2 is 0.885 bits per heavy atom. The highest BCUT2D eigenvalue weighted by molar-refractivity contribution is 6.12. The van der Waals surface area contributed by atoms with Crippen LogP contribution in [0.2, 0.25) is 0 Å². The van der Waals surface area contributed by atoms with Crippen molar-refractivity contribution in [1.82, 2.24) is 9.13 Å². The van der Waals surface area contributed by atoms with Crippen molar-refractivity contribution < 1.29 is 26.3 Å². The summed E-state index contributed by atoms with van der Waals surface area (Å²) in [6.45, 7) is 0. The predicted molar refractivity (Wildman–Crippen MR) is 185 cm³/mol. The van der Waals surface area contributed by atoms with Crippen LogP contribution in [0.1, 0.15) is 27.8 Å². The fourth-order valence-corrected chi connectivity index (χ4v) is 7.15. The van der Waals surface area contributed by atoms with E-state index in [-0.39, 0.29) is 16.9 Å². The van der Waals surface area contributed by atoms with E-state index in [0.29, 0.717) is 56.6 Å². The molecule has 0 aliphatic carbocycles. The molecule has 0 aliphatic heterocycles. The quantitative estimate of drug-likeness (QED) is 0.173. The standard InChI is InChI=1S/C41H19F6N5/c42-40(43,44)31-8-5-9-32(41(45,46)47)39(31)30-19-38(52-34-11-4-2-7-27(34)29-15-13-24(21-49)17-36(29)52)37(18-25(30)22-50)51-33-10-3-1-6-26(33)28-14-12-23(20-48)16-35(28)51/h1-19H. The lowest BCUT2D eigenvalue weighted by atomic mass is 9.89. The summed E-state index contributed by atoms with van der Waals surface area (Å²) in [6.07, 6.45) is -10.4. The fourth-order valence-electron chi connectivity index (χ4n) is 7.15. The van der Waals surface area contributed by atoms with Gasteiger partial charge in [0.2, 0.25) is 0 Å². The number of fused-ring (bicyclic) bond motifs is 6. The molecule has 52 heavy (non-hydrogen) atoms. The minimum atomic E-state index is -5.21. The van der Waals surface area contributed by atoms with Gasteiger partial charge in [-0.05, 0) is 60.7 Å². The average molecular weight is 696 g/mol. The average Bonchev–Trinajstić information content (AvgIpc) is 3.65. The van der Waals surface area contributed by atoms with Crippen molar-refractivity contribution in [1.29, 1.82) is 15.8 Å². The van der Waals surface area contributed by atoms with E-state index in [9.17, 15) is 42.1 Å². The molecule has 5 nitrogen and oxygen atoms in total. The molecule has 0 radical (unpaired) electrons. The molecule has 6 aromatic carbocycles. The maximum Gasteiger partial charge on any atom is 0.417 e. The third-order valence-electron chi connectivity index (χ3n) is 9.27. The molecule has 0 saturated heterocycles. The van der Waals surface area contributed by atoms with Gasteiger partial charge < -0.3 is 9.13 Å². The number of hydrogen-bond acceptors (Lipinski definition) is 3. The highest BCUT2D eigenvalue weighted by Gasteiger charge is 2.42. The molecule has 0 unspecified atom stereocenters. The smallest absolute Gasteiger partial charge is 0.307 e. The number of aromatic nitrogens is 2. The van der Waals surface area contributed by atoms with Gasteiger partial charge in [-0.1, -0.05) is 54.6 Å². The van der Waals surface area contributed by atoms with Crippen LogP contribution in [-0.4, -0.2) is 9.13 Å². The van der Waals surface area contributed by atoms with Crippen molar-refractivity contribution in [3.8, 4) is 40.7 Å². The number of para-hydroxylation sites is 2. The van der Waals surface area contributed by atoms with Crippen LogP contribution in [0.4, 0.5) is 26.3 Å². The molecule has 0 N–H and O–H groups in total. The van der Waals surface area contributed by atoms with Crippen LogP contribution in [0.3, 0.4) is 0 Å². The molecule has 11 heteroatoms. The van der Waals surface area contributed by atoms with E-state index in [1.165, 1.54) is 12.1 Å². The zero-order valence-electron chi connectivity index (χ0n) is 26.5. The van der Waals surface area contributed by atoms with Gasteiger partial charge in [-0.25, -0.2) is 0 Å². The molecule has 0 atom stereocenters. The monoisotopic (exact) mass is 695 g/mol. The number of benzene rings is 6. The van der Waals surface area contributed by atoms with E-state index in [2.05, 4.69) is 12.1 Å². The third-order valence-corrected chi connectivity index (χ3v) is 9.27. The second kappa shape index (κ2) is 11.5. The number of nitriles is 3. The minimum absolute atomic E-state index is 0.130. The highest BCUT2D eigenvalue weighted by atomic mass is 19.4. The van der Waals surface area contributed by atoms with E-state index in [1.54, 1.807) is 75.9 Å². The van der Waals surface area contributed by atoms with Crippen LogP contribution >= 0.6 is 0 Å². The first-order chi connectivity index (χ1) is 24.9. The minimum Gasteiger partial charge on any atom is -0.307 e. The summed E-state index contributed by atoms with van der Waals surface area (Å²) in [5, 5.41) is 33.1. The predicted octanol–water partition coefficient (Wildman–Crippen LogP) is 11.2. The maximum atomic E-state index is 14.6. The number of nitrogens with zero attached hydrogens (tertiary/aromatic N) is 5. The number of alkyl halides is 6. The van der Waals surface area contributed by atoms with E-state index in [4.69, 9.17) is 0 Å². The second-order valence-corrected chi connectivity index (χ2v) is 12.1. The lowest BCUT2D eigenvalue weighted by Gasteiger charge is -2.23. The van der Waals surface area contributed by atoms with Crippen molar-refractivity contribution in [2.24, 2.45) is 0 Å². The van der Waals surface area contributed by atoms with Crippen molar-refractivity contribution in [3.63, 3.8) is 0 Å². The molecule has 2 heterocycles. The Kier molecular flexibility index (Phi) is 7.13. The van der Waals surface area contributed by atoms with Crippen LogP contribution in [0.25, 0.3) is 66.1 Å². The summed E-state index contributed by atoms with van der Waals surface area (Å²) in [4.78, 5) is 0. The molecule has 0 bridgehead atoms. The first-order valence-electron chi connectivity index (χ1n) is 15.7. The first-order valence-corrected chi connectivity index (χ1v) is 15.7. The van der Waals surface area contributed by atoms with Gasteiger partial charge in [-0.2, -0.15) is 42.1 Å². The Morgan fingerprint density at radius 3 is 1.33 bits per heavy atom. The molecule has 8 aromatic rings. The van der Waals surface area contributed by atoms with Gasteiger partial charge in [0.05, 0.1) is 79.5 Å². The fraction of sp³-hybridized carbons (Fsp3) is 0.0488.